The Balaban J connectivity index is 2.87. The lowest BCUT2D eigenvalue weighted by Crippen LogP contribution is -2.35. The lowest BCUT2D eigenvalue weighted by Gasteiger charge is -2.17. The zero-order valence-corrected chi connectivity index (χ0v) is 12.1. The van der Waals surface area contributed by atoms with Crippen molar-refractivity contribution in [1.82, 2.24) is 4.72 Å². The molecule has 110 valence electrons. The number of aliphatic hydroxyl groups excluding tert-OH is 1. The molecule has 0 saturated carbocycles. The van der Waals surface area contributed by atoms with E-state index in [2.05, 4.69) is 4.72 Å². The molecule has 2 atom stereocenters. The topological polar surface area (TPSA) is 90.2 Å². The van der Waals surface area contributed by atoms with Crippen molar-refractivity contribution in [3.8, 4) is 6.07 Å². The van der Waals surface area contributed by atoms with Crippen molar-refractivity contribution < 1.29 is 17.9 Å². The Hall–Kier alpha value is -1.49. The Morgan fingerprint density at radius 2 is 2.15 bits per heavy atom. The molecule has 2 unspecified atom stereocenters. The van der Waals surface area contributed by atoms with E-state index >= 15 is 0 Å². The quantitative estimate of drug-likeness (QED) is 0.830. The van der Waals surface area contributed by atoms with Gasteiger partial charge in [-0.1, -0.05) is 20.3 Å². The zero-order valence-electron chi connectivity index (χ0n) is 11.3. The SMILES string of the molecule is CCC(C)C(O)CNS(=O)(=O)c1ccc(C#N)cc1F. The molecule has 0 saturated heterocycles. The number of nitrogens with zero attached hydrogens (tertiary/aromatic N) is 1. The van der Waals surface area contributed by atoms with E-state index in [1.54, 1.807) is 13.0 Å². The molecule has 0 fully saturated rings. The summed E-state index contributed by atoms with van der Waals surface area (Å²) in [7, 11) is -4.05. The Bertz CT molecular complexity index is 611. The van der Waals surface area contributed by atoms with E-state index < -0.39 is 26.8 Å². The molecule has 7 heteroatoms. The summed E-state index contributed by atoms with van der Waals surface area (Å²) in [5, 5.41) is 18.3. The predicted molar refractivity (Wildman–Crippen MR) is 71.8 cm³/mol. The van der Waals surface area contributed by atoms with Crippen LogP contribution in [0, 0.1) is 23.1 Å². The van der Waals surface area contributed by atoms with Crippen molar-refractivity contribution >= 4 is 10.0 Å². The molecule has 5 nitrogen and oxygen atoms in total. The summed E-state index contributed by atoms with van der Waals surface area (Å²) in [4.78, 5) is -0.534. The number of rotatable bonds is 6. The zero-order chi connectivity index (χ0) is 15.3. The number of halogens is 1. The van der Waals surface area contributed by atoms with E-state index in [0.29, 0.717) is 6.42 Å². The van der Waals surface area contributed by atoms with Crippen LogP contribution in [-0.2, 0) is 10.0 Å². The van der Waals surface area contributed by atoms with Gasteiger partial charge in [0.2, 0.25) is 10.0 Å². The lowest BCUT2D eigenvalue weighted by atomic mass is 10.0. The molecule has 0 heterocycles. The fraction of sp³-hybridized carbons (Fsp3) is 0.462. The van der Waals surface area contributed by atoms with Crippen molar-refractivity contribution in [3.63, 3.8) is 0 Å². The van der Waals surface area contributed by atoms with E-state index in [-0.39, 0.29) is 18.0 Å². The Morgan fingerprint density at radius 1 is 1.50 bits per heavy atom. The Kier molecular flexibility index (Phi) is 5.62. The van der Waals surface area contributed by atoms with Crippen molar-refractivity contribution in [2.75, 3.05) is 6.54 Å². The van der Waals surface area contributed by atoms with Gasteiger partial charge in [0.25, 0.3) is 0 Å². The lowest BCUT2D eigenvalue weighted by molar-refractivity contribution is 0.118. The first-order valence-electron chi connectivity index (χ1n) is 6.19. The number of nitriles is 1. The van der Waals surface area contributed by atoms with Crippen LogP contribution in [0.15, 0.2) is 23.1 Å². The van der Waals surface area contributed by atoms with Gasteiger partial charge < -0.3 is 5.11 Å². The van der Waals surface area contributed by atoms with Crippen LogP contribution in [0.3, 0.4) is 0 Å². The second kappa shape index (κ2) is 6.79. The van der Waals surface area contributed by atoms with Crippen molar-refractivity contribution in [2.45, 2.75) is 31.3 Å². The van der Waals surface area contributed by atoms with Gasteiger partial charge in [-0.2, -0.15) is 5.26 Å². The van der Waals surface area contributed by atoms with Crippen LogP contribution in [-0.4, -0.2) is 26.2 Å². The van der Waals surface area contributed by atoms with Crippen molar-refractivity contribution in [2.24, 2.45) is 5.92 Å². The summed E-state index contributed by atoms with van der Waals surface area (Å²) in [5.41, 5.74) is 0.0427. The maximum absolute atomic E-state index is 13.6. The van der Waals surface area contributed by atoms with Crippen LogP contribution in [0.5, 0.6) is 0 Å². The summed E-state index contributed by atoms with van der Waals surface area (Å²) in [6, 6.07) is 4.84. The summed E-state index contributed by atoms with van der Waals surface area (Å²) >= 11 is 0. The minimum Gasteiger partial charge on any atom is -0.391 e. The molecule has 20 heavy (non-hydrogen) atoms. The summed E-state index contributed by atoms with van der Waals surface area (Å²) < 4.78 is 39.7. The van der Waals surface area contributed by atoms with Gasteiger partial charge in [0.1, 0.15) is 10.7 Å². The van der Waals surface area contributed by atoms with Gasteiger partial charge in [-0.05, 0) is 24.1 Å². The van der Waals surface area contributed by atoms with Crippen LogP contribution >= 0.6 is 0 Å². The van der Waals surface area contributed by atoms with Crippen molar-refractivity contribution in [3.05, 3.63) is 29.6 Å². The van der Waals surface area contributed by atoms with Crippen LogP contribution in [0.1, 0.15) is 25.8 Å². The molecule has 0 amide bonds. The molecule has 1 aromatic carbocycles. The summed E-state index contributed by atoms with van der Waals surface area (Å²) in [6.07, 6.45) is -0.134. The highest BCUT2D eigenvalue weighted by molar-refractivity contribution is 7.89. The van der Waals surface area contributed by atoms with E-state index in [4.69, 9.17) is 5.26 Å². The fourth-order valence-electron chi connectivity index (χ4n) is 1.53. The van der Waals surface area contributed by atoms with Gasteiger partial charge in [-0.15, -0.1) is 0 Å². The van der Waals surface area contributed by atoms with Gasteiger partial charge in [-0.3, -0.25) is 0 Å². The maximum atomic E-state index is 13.6. The molecular weight excluding hydrogens is 283 g/mol. The minimum atomic E-state index is -4.05. The van der Waals surface area contributed by atoms with E-state index in [0.717, 1.165) is 12.1 Å². The summed E-state index contributed by atoms with van der Waals surface area (Å²) in [6.45, 7) is 3.49. The summed E-state index contributed by atoms with van der Waals surface area (Å²) in [5.74, 6) is -1.06. The second-order valence-corrected chi connectivity index (χ2v) is 6.30. The van der Waals surface area contributed by atoms with Gasteiger partial charge in [0.05, 0.1) is 17.7 Å². The van der Waals surface area contributed by atoms with Gasteiger partial charge in [0, 0.05) is 6.54 Å². The monoisotopic (exact) mass is 300 g/mol. The highest BCUT2D eigenvalue weighted by Crippen LogP contribution is 2.16. The Labute approximate surface area is 118 Å². The second-order valence-electron chi connectivity index (χ2n) is 4.56. The first-order chi connectivity index (χ1) is 9.31. The van der Waals surface area contributed by atoms with Gasteiger partial charge >= 0.3 is 0 Å². The largest absolute Gasteiger partial charge is 0.391 e. The first kappa shape index (κ1) is 16.6. The van der Waals surface area contributed by atoms with E-state index in [1.807, 2.05) is 6.92 Å². The van der Waals surface area contributed by atoms with Crippen LogP contribution in [0.25, 0.3) is 0 Å². The molecule has 0 spiro atoms. The number of nitrogens with one attached hydrogen (secondary N) is 1. The molecule has 0 bridgehead atoms. The average molecular weight is 300 g/mol. The average Bonchev–Trinajstić information content (AvgIpc) is 2.43. The number of sulfonamides is 1. The number of aliphatic hydroxyl groups is 1. The number of hydrogen-bond acceptors (Lipinski definition) is 4. The minimum absolute atomic E-state index is 0.0427. The molecular formula is C13H17FN2O3S. The van der Waals surface area contributed by atoms with Crippen molar-refractivity contribution in [1.29, 1.82) is 5.26 Å². The van der Waals surface area contributed by atoms with Gasteiger partial charge in [-0.25, -0.2) is 17.5 Å². The number of benzene rings is 1. The fourth-order valence-corrected chi connectivity index (χ4v) is 2.64. The van der Waals surface area contributed by atoms with Crippen LogP contribution in [0.4, 0.5) is 4.39 Å². The Morgan fingerprint density at radius 3 is 2.65 bits per heavy atom. The maximum Gasteiger partial charge on any atom is 0.243 e. The molecule has 0 radical (unpaired) electrons. The molecule has 0 aliphatic heterocycles. The highest BCUT2D eigenvalue weighted by atomic mass is 32.2. The molecule has 0 aliphatic rings. The first-order valence-corrected chi connectivity index (χ1v) is 7.67. The number of hydrogen-bond donors (Lipinski definition) is 2. The smallest absolute Gasteiger partial charge is 0.243 e. The highest BCUT2D eigenvalue weighted by Gasteiger charge is 2.21. The third kappa shape index (κ3) is 4.00. The molecule has 2 N–H and O–H groups in total. The molecule has 0 aromatic heterocycles. The normalized spacial score (nSPS) is 14.6. The van der Waals surface area contributed by atoms with E-state index in [9.17, 15) is 17.9 Å². The molecule has 0 aliphatic carbocycles. The third-order valence-corrected chi connectivity index (χ3v) is 4.59. The predicted octanol–water partition coefficient (Wildman–Crippen LogP) is 1.38. The van der Waals surface area contributed by atoms with Crippen LogP contribution < -0.4 is 4.72 Å². The van der Waals surface area contributed by atoms with E-state index in [1.165, 1.54) is 6.07 Å². The molecule has 1 rings (SSSR count). The molecule has 1 aromatic rings. The third-order valence-electron chi connectivity index (χ3n) is 3.13. The standard InChI is InChI=1S/C13H17FN2O3S/c1-3-9(2)12(17)8-16-20(18,19)13-5-4-10(7-15)6-11(13)14/h4-6,9,12,16-17H,3,8H2,1-2H3. The van der Waals surface area contributed by atoms with Gasteiger partial charge in [0.15, 0.2) is 0 Å². The van der Waals surface area contributed by atoms with Crippen LogP contribution in [0.2, 0.25) is 0 Å².